The molecule has 0 aliphatic carbocycles. The third kappa shape index (κ3) is 2.37. The number of ether oxygens (including phenoxy) is 1. The van der Waals surface area contributed by atoms with Crippen LogP contribution in [-0.2, 0) is 9.84 Å². The molecule has 0 saturated carbocycles. The van der Waals surface area contributed by atoms with E-state index >= 15 is 0 Å². The summed E-state index contributed by atoms with van der Waals surface area (Å²) in [5, 5.41) is 3.32. The topological polar surface area (TPSA) is 55.4 Å². The van der Waals surface area contributed by atoms with Crippen LogP contribution in [0.25, 0.3) is 0 Å². The van der Waals surface area contributed by atoms with E-state index in [2.05, 4.69) is 11.4 Å². The lowest BCUT2D eigenvalue weighted by Gasteiger charge is -2.44. The van der Waals surface area contributed by atoms with E-state index in [9.17, 15) is 8.42 Å². The Hall–Kier alpha value is -1.07. The maximum Gasteiger partial charge on any atom is 0.150 e. The summed E-state index contributed by atoms with van der Waals surface area (Å²) in [6.07, 6.45) is 2.04. The second kappa shape index (κ2) is 4.49. The molecule has 19 heavy (non-hydrogen) atoms. The summed E-state index contributed by atoms with van der Waals surface area (Å²) in [6, 6.07) is 8.26. The minimum absolute atomic E-state index is 0.241. The van der Waals surface area contributed by atoms with Crippen molar-refractivity contribution in [2.24, 2.45) is 0 Å². The van der Waals surface area contributed by atoms with Gasteiger partial charge in [-0.2, -0.15) is 0 Å². The molecule has 1 atom stereocenters. The van der Waals surface area contributed by atoms with Crippen LogP contribution in [0.2, 0.25) is 0 Å². The molecule has 1 fully saturated rings. The van der Waals surface area contributed by atoms with Crippen LogP contribution in [0.4, 0.5) is 0 Å². The van der Waals surface area contributed by atoms with Crippen LogP contribution in [0.15, 0.2) is 24.3 Å². The van der Waals surface area contributed by atoms with Crippen LogP contribution in [0.5, 0.6) is 5.75 Å². The largest absolute Gasteiger partial charge is 0.487 e. The second-order valence-corrected chi connectivity index (χ2v) is 7.82. The van der Waals surface area contributed by atoms with Crippen molar-refractivity contribution in [1.29, 1.82) is 0 Å². The number of fused-ring (bicyclic) bond motifs is 1. The molecule has 3 rings (SSSR count). The van der Waals surface area contributed by atoms with Gasteiger partial charge < -0.3 is 10.1 Å². The molecule has 2 aliphatic heterocycles. The summed E-state index contributed by atoms with van der Waals surface area (Å²) >= 11 is 0. The molecule has 1 aromatic carbocycles. The first kappa shape index (κ1) is 12.9. The Bertz CT molecular complexity index is 568. The van der Waals surface area contributed by atoms with E-state index in [1.807, 2.05) is 25.2 Å². The minimum Gasteiger partial charge on any atom is -0.487 e. The van der Waals surface area contributed by atoms with Crippen LogP contribution >= 0.6 is 0 Å². The fourth-order valence-corrected chi connectivity index (χ4v) is 4.66. The van der Waals surface area contributed by atoms with Gasteiger partial charge in [0.05, 0.1) is 11.5 Å². The van der Waals surface area contributed by atoms with E-state index in [0.29, 0.717) is 12.8 Å². The van der Waals surface area contributed by atoms with E-state index in [-0.39, 0.29) is 23.1 Å². The monoisotopic (exact) mass is 281 g/mol. The van der Waals surface area contributed by atoms with Gasteiger partial charge in [0.25, 0.3) is 0 Å². The van der Waals surface area contributed by atoms with Gasteiger partial charge >= 0.3 is 0 Å². The van der Waals surface area contributed by atoms with Crippen molar-refractivity contribution in [3.8, 4) is 5.75 Å². The molecule has 0 bridgehead atoms. The van der Waals surface area contributed by atoms with E-state index in [0.717, 1.165) is 12.2 Å². The molecular formula is C14H19NO3S. The fourth-order valence-electron chi connectivity index (χ4n) is 3.09. The summed E-state index contributed by atoms with van der Waals surface area (Å²) in [5.74, 6) is 1.38. The third-order valence-electron chi connectivity index (χ3n) is 4.28. The van der Waals surface area contributed by atoms with Gasteiger partial charge in [-0.15, -0.1) is 0 Å². The van der Waals surface area contributed by atoms with E-state index in [1.165, 1.54) is 5.56 Å². The number of hydrogen-bond donors (Lipinski definition) is 1. The van der Waals surface area contributed by atoms with Gasteiger partial charge in [0.15, 0.2) is 9.84 Å². The SMILES string of the molecule is CNC1CC2(CCS(=O)(=O)CC2)Oc2ccccc21. The van der Waals surface area contributed by atoms with Gasteiger partial charge in [0.2, 0.25) is 0 Å². The Labute approximate surface area is 114 Å². The molecule has 1 N–H and O–H groups in total. The summed E-state index contributed by atoms with van der Waals surface area (Å²) in [5.41, 5.74) is 0.858. The molecule has 0 aromatic heterocycles. The number of sulfone groups is 1. The predicted octanol–water partition coefficient (Wildman–Crippen LogP) is 1.68. The zero-order valence-corrected chi connectivity index (χ0v) is 11.9. The Morgan fingerprint density at radius 1 is 1.26 bits per heavy atom. The number of nitrogens with one attached hydrogen (secondary N) is 1. The quantitative estimate of drug-likeness (QED) is 0.851. The summed E-state index contributed by atoms with van der Waals surface area (Å²) in [4.78, 5) is 0. The highest BCUT2D eigenvalue weighted by molar-refractivity contribution is 7.91. The molecule has 5 heteroatoms. The molecular weight excluding hydrogens is 262 g/mol. The predicted molar refractivity (Wildman–Crippen MR) is 74.1 cm³/mol. The molecule has 2 heterocycles. The lowest BCUT2D eigenvalue weighted by Crippen LogP contribution is -2.48. The van der Waals surface area contributed by atoms with E-state index in [1.54, 1.807) is 0 Å². The van der Waals surface area contributed by atoms with Crippen LogP contribution in [0, 0.1) is 0 Å². The van der Waals surface area contributed by atoms with Gasteiger partial charge in [-0.25, -0.2) is 8.42 Å². The average Bonchev–Trinajstić information content (AvgIpc) is 2.42. The molecule has 1 saturated heterocycles. The minimum atomic E-state index is -2.86. The lowest BCUT2D eigenvalue weighted by atomic mass is 9.83. The van der Waals surface area contributed by atoms with E-state index in [4.69, 9.17) is 4.74 Å². The maximum absolute atomic E-state index is 11.6. The zero-order chi connectivity index (χ0) is 13.5. The van der Waals surface area contributed by atoms with Crippen molar-refractivity contribution in [1.82, 2.24) is 5.32 Å². The van der Waals surface area contributed by atoms with Crippen LogP contribution in [0.1, 0.15) is 30.9 Å². The first-order chi connectivity index (χ1) is 9.04. The Kier molecular flexibility index (Phi) is 3.06. The maximum atomic E-state index is 11.6. The van der Waals surface area contributed by atoms with Gasteiger partial charge in [-0.1, -0.05) is 18.2 Å². The number of rotatable bonds is 1. The van der Waals surface area contributed by atoms with E-state index < -0.39 is 9.84 Å². The third-order valence-corrected chi connectivity index (χ3v) is 5.94. The summed E-state index contributed by atoms with van der Waals surface area (Å²) in [7, 11) is -0.916. The van der Waals surface area contributed by atoms with Crippen LogP contribution in [0.3, 0.4) is 0 Å². The van der Waals surface area contributed by atoms with Crippen LogP contribution in [-0.4, -0.2) is 32.6 Å². The van der Waals surface area contributed by atoms with Crippen molar-refractivity contribution in [2.45, 2.75) is 30.9 Å². The van der Waals surface area contributed by atoms with Crippen molar-refractivity contribution < 1.29 is 13.2 Å². The molecule has 104 valence electrons. The molecule has 2 aliphatic rings. The highest BCUT2D eigenvalue weighted by Crippen LogP contribution is 2.44. The normalized spacial score (nSPS) is 27.5. The fraction of sp³-hybridized carbons (Fsp3) is 0.571. The smallest absolute Gasteiger partial charge is 0.150 e. The highest BCUT2D eigenvalue weighted by atomic mass is 32.2. The second-order valence-electron chi connectivity index (χ2n) is 5.52. The molecule has 4 nitrogen and oxygen atoms in total. The van der Waals surface area contributed by atoms with Crippen molar-refractivity contribution in [3.05, 3.63) is 29.8 Å². The molecule has 0 radical (unpaired) electrons. The van der Waals surface area contributed by atoms with Crippen molar-refractivity contribution >= 4 is 9.84 Å². The summed E-state index contributed by atoms with van der Waals surface area (Å²) < 4.78 is 29.4. The Balaban J connectivity index is 1.92. The molecule has 1 spiro atoms. The summed E-state index contributed by atoms with van der Waals surface area (Å²) in [6.45, 7) is 0. The Morgan fingerprint density at radius 2 is 1.95 bits per heavy atom. The lowest BCUT2D eigenvalue weighted by molar-refractivity contribution is 0.0221. The first-order valence-corrected chi connectivity index (χ1v) is 8.51. The standard InChI is InChI=1S/C14H19NO3S/c1-15-12-10-14(6-8-19(16,17)9-7-14)18-13-5-3-2-4-11(12)13/h2-5,12,15H,6-10H2,1H3. The van der Waals surface area contributed by atoms with Crippen molar-refractivity contribution in [3.63, 3.8) is 0 Å². The molecule has 1 aromatic rings. The van der Waals surface area contributed by atoms with Crippen molar-refractivity contribution in [2.75, 3.05) is 18.6 Å². The van der Waals surface area contributed by atoms with Gasteiger partial charge in [0, 0.05) is 30.9 Å². The van der Waals surface area contributed by atoms with Gasteiger partial charge in [-0.3, -0.25) is 0 Å². The van der Waals surface area contributed by atoms with Crippen LogP contribution < -0.4 is 10.1 Å². The average molecular weight is 281 g/mol. The Morgan fingerprint density at radius 3 is 2.63 bits per heavy atom. The van der Waals surface area contributed by atoms with Gasteiger partial charge in [0.1, 0.15) is 11.4 Å². The zero-order valence-electron chi connectivity index (χ0n) is 11.1. The first-order valence-electron chi connectivity index (χ1n) is 6.69. The molecule has 1 unspecified atom stereocenters. The van der Waals surface area contributed by atoms with Gasteiger partial charge in [-0.05, 0) is 13.1 Å². The number of para-hydroxylation sites is 1. The number of hydrogen-bond acceptors (Lipinski definition) is 4. The molecule has 0 amide bonds. The number of benzene rings is 1. The highest BCUT2D eigenvalue weighted by Gasteiger charge is 2.44.